The molecule has 5 heteroatoms. The molecule has 0 amide bonds. The minimum absolute atomic E-state index is 0.587. The van der Waals surface area contributed by atoms with Gasteiger partial charge in [-0.3, -0.25) is 4.21 Å². The number of fused-ring (bicyclic) bond motifs is 1. The molecule has 1 fully saturated rings. The van der Waals surface area contributed by atoms with Crippen LogP contribution in [0.1, 0.15) is 24.6 Å². The van der Waals surface area contributed by atoms with Crippen LogP contribution in [0.3, 0.4) is 0 Å². The van der Waals surface area contributed by atoms with Gasteiger partial charge in [0.1, 0.15) is 5.82 Å². The molecule has 1 aliphatic carbocycles. The Balaban J connectivity index is 2.06. The normalized spacial score (nSPS) is 17.2. The fourth-order valence-corrected chi connectivity index (χ4v) is 2.71. The molecule has 0 spiro atoms. The van der Waals surface area contributed by atoms with Gasteiger partial charge in [0.05, 0.1) is 11.0 Å². The molecule has 1 heterocycles. The smallest absolute Gasteiger partial charge is 0.113 e. The minimum atomic E-state index is -0.772. The van der Waals surface area contributed by atoms with E-state index in [1.165, 1.54) is 12.8 Å². The highest BCUT2D eigenvalue weighted by Gasteiger charge is 2.29. The van der Waals surface area contributed by atoms with E-state index in [4.69, 9.17) is 10.7 Å². The van der Waals surface area contributed by atoms with E-state index in [1.807, 2.05) is 18.2 Å². The van der Waals surface area contributed by atoms with Crippen molar-refractivity contribution in [3.63, 3.8) is 0 Å². The van der Waals surface area contributed by atoms with Crippen LogP contribution in [0.2, 0.25) is 0 Å². The molecule has 0 saturated heterocycles. The van der Waals surface area contributed by atoms with Crippen LogP contribution in [0, 0.1) is 0 Å². The first kappa shape index (κ1) is 11.7. The van der Waals surface area contributed by atoms with Gasteiger partial charge in [-0.05, 0) is 31.0 Å². The number of hydrogen-bond donors (Lipinski definition) is 1. The Morgan fingerprint density at radius 1 is 1.50 bits per heavy atom. The topological polar surface area (TPSA) is 60.9 Å². The first-order valence-corrected chi connectivity index (χ1v) is 7.93. The summed E-state index contributed by atoms with van der Waals surface area (Å²) in [4.78, 5) is 4.70. The number of nitrogens with zero attached hydrogens (tertiary/aromatic N) is 2. The third kappa shape index (κ3) is 2.14. The molecule has 2 aromatic rings. The zero-order chi connectivity index (χ0) is 12.7. The summed E-state index contributed by atoms with van der Waals surface area (Å²) < 4.78 is 13.5. The number of benzene rings is 1. The zero-order valence-electron chi connectivity index (χ0n) is 10.4. The Labute approximate surface area is 109 Å². The van der Waals surface area contributed by atoms with Gasteiger partial charge in [-0.15, -0.1) is 0 Å². The first-order chi connectivity index (χ1) is 8.65. The SMILES string of the molecule is CS(=O)CCn1c(C2CC2)nc2cc(N)ccc21. The molecule has 1 atom stereocenters. The third-order valence-electron chi connectivity index (χ3n) is 3.35. The van der Waals surface area contributed by atoms with Crippen molar-refractivity contribution >= 4 is 27.5 Å². The van der Waals surface area contributed by atoms with Gasteiger partial charge in [-0.25, -0.2) is 4.98 Å². The highest BCUT2D eigenvalue weighted by molar-refractivity contribution is 7.84. The molecular weight excluding hydrogens is 246 g/mol. The maximum absolute atomic E-state index is 11.3. The van der Waals surface area contributed by atoms with Crippen LogP contribution >= 0.6 is 0 Å². The molecule has 0 bridgehead atoms. The van der Waals surface area contributed by atoms with Crippen molar-refractivity contribution in [2.75, 3.05) is 17.7 Å². The van der Waals surface area contributed by atoms with E-state index in [-0.39, 0.29) is 0 Å². The van der Waals surface area contributed by atoms with Gasteiger partial charge in [0.15, 0.2) is 0 Å². The van der Waals surface area contributed by atoms with Gasteiger partial charge >= 0.3 is 0 Å². The van der Waals surface area contributed by atoms with Crippen molar-refractivity contribution in [1.29, 1.82) is 0 Å². The van der Waals surface area contributed by atoms with Crippen molar-refractivity contribution in [3.8, 4) is 0 Å². The predicted octanol–water partition coefficient (Wildman–Crippen LogP) is 1.87. The van der Waals surface area contributed by atoms with Crippen molar-refractivity contribution < 1.29 is 4.21 Å². The molecule has 0 aliphatic heterocycles. The Morgan fingerprint density at radius 3 is 2.94 bits per heavy atom. The van der Waals surface area contributed by atoms with Crippen LogP contribution < -0.4 is 5.73 Å². The molecule has 3 rings (SSSR count). The summed E-state index contributed by atoms with van der Waals surface area (Å²) in [6, 6.07) is 5.84. The van der Waals surface area contributed by atoms with Crippen LogP contribution in [0.4, 0.5) is 5.69 Å². The molecule has 1 saturated carbocycles. The predicted molar refractivity (Wildman–Crippen MR) is 75.1 cm³/mol. The largest absolute Gasteiger partial charge is 0.399 e. The van der Waals surface area contributed by atoms with Gasteiger partial charge in [0.2, 0.25) is 0 Å². The lowest BCUT2D eigenvalue weighted by molar-refractivity contribution is 0.673. The Hall–Kier alpha value is -1.36. The fraction of sp³-hybridized carbons (Fsp3) is 0.462. The average molecular weight is 263 g/mol. The molecule has 1 unspecified atom stereocenters. The number of anilines is 1. The molecular formula is C13H17N3OS. The van der Waals surface area contributed by atoms with Crippen molar-refractivity contribution in [3.05, 3.63) is 24.0 Å². The van der Waals surface area contributed by atoms with E-state index < -0.39 is 10.8 Å². The van der Waals surface area contributed by atoms with Gasteiger partial charge in [-0.1, -0.05) is 0 Å². The van der Waals surface area contributed by atoms with Crippen LogP contribution in [0.15, 0.2) is 18.2 Å². The standard InChI is InChI=1S/C13H17N3OS/c1-18(17)7-6-16-12-5-4-10(14)8-11(12)15-13(16)9-2-3-9/h4-5,8-9H,2-3,6-7,14H2,1H3. The lowest BCUT2D eigenvalue weighted by Crippen LogP contribution is -2.09. The highest BCUT2D eigenvalue weighted by Crippen LogP contribution is 2.40. The number of hydrogen-bond acceptors (Lipinski definition) is 3. The van der Waals surface area contributed by atoms with E-state index in [0.29, 0.717) is 11.7 Å². The summed E-state index contributed by atoms with van der Waals surface area (Å²) in [5, 5.41) is 0. The van der Waals surface area contributed by atoms with E-state index in [0.717, 1.165) is 29.1 Å². The van der Waals surface area contributed by atoms with Gasteiger partial charge in [0.25, 0.3) is 0 Å². The number of aromatic nitrogens is 2. The monoisotopic (exact) mass is 263 g/mol. The molecule has 1 aromatic carbocycles. The second-order valence-electron chi connectivity index (χ2n) is 4.92. The van der Waals surface area contributed by atoms with Crippen molar-refractivity contribution in [2.24, 2.45) is 0 Å². The molecule has 18 heavy (non-hydrogen) atoms. The summed E-state index contributed by atoms with van der Waals surface area (Å²) >= 11 is 0. The second-order valence-corrected chi connectivity index (χ2v) is 6.48. The van der Waals surface area contributed by atoms with Crippen LogP contribution in [-0.4, -0.2) is 25.8 Å². The molecule has 96 valence electrons. The molecule has 1 aliphatic rings. The Bertz CT molecular complexity index is 616. The number of rotatable bonds is 4. The number of imidazole rings is 1. The molecule has 0 radical (unpaired) electrons. The second kappa shape index (κ2) is 4.39. The first-order valence-electron chi connectivity index (χ1n) is 6.21. The quantitative estimate of drug-likeness (QED) is 0.857. The van der Waals surface area contributed by atoms with Gasteiger partial charge < -0.3 is 10.3 Å². The highest BCUT2D eigenvalue weighted by atomic mass is 32.2. The maximum Gasteiger partial charge on any atom is 0.113 e. The molecule has 2 N–H and O–H groups in total. The summed E-state index contributed by atoms with van der Waals surface area (Å²) in [6.45, 7) is 0.773. The van der Waals surface area contributed by atoms with Crippen LogP contribution in [0.25, 0.3) is 11.0 Å². The Morgan fingerprint density at radius 2 is 2.28 bits per heavy atom. The lowest BCUT2D eigenvalue weighted by atomic mass is 10.3. The minimum Gasteiger partial charge on any atom is -0.399 e. The lowest BCUT2D eigenvalue weighted by Gasteiger charge is -2.07. The van der Waals surface area contributed by atoms with Crippen LogP contribution in [0.5, 0.6) is 0 Å². The van der Waals surface area contributed by atoms with Crippen molar-refractivity contribution in [1.82, 2.24) is 9.55 Å². The van der Waals surface area contributed by atoms with E-state index in [9.17, 15) is 4.21 Å². The third-order valence-corrected chi connectivity index (χ3v) is 4.10. The summed E-state index contributed by atoms with van der Waals surface area (Å²) in [6.07, 6.45) is 4.18. The summed E-state index contributed by atoms with van der Waals surface area (Å²) in [5.74, 6) is 2.40. The number of aryl methyl sites for hydroxylation is 1. The Kier molecular flexibility index (Phi) is 2.86. The summed E-state index contributed by atoms with van der Waals surface area (Å²) in [7, 11) is -0.772. The van der Waals surface area contributed by atoms with Gasteiger partial charge in [0, 0.05) is 41.0 Å². The number of nitrogen functional groups attached to an aromatic ring is 1. The molecule has 4 nitrogen and oxygen atoms in total. The van der Waals surface area contributed by atoms with E-state index in [1.54, 1.807) is 6.26 Å². The van der Waals surface area contributed by atoms with E-state index in [2.05, 4.69) is 4.57 Å². The summed E-state index contributed by atoms with van der Waals surface area (Å²) in [5.41, 5.74) is 8.61. The van der Waals surface area contributed by atoms with Gasteiger partial charge in [-0.2, -0.15) is 0 Å². The fourth-order valence-electron chi connectivity index (χ4n) is 2.27. The van der Waals surface area contributed by atoms with Crippen LogP contribution in [-0.2, 0) is 17.3 Å². The zero-order valence-corrected chi connectivity index (χ0v) is 11.2. The average Bonchev–Trinajstić information content (AvgIpc) is 3.09. The molecule has 1 aromatic heterocycles. The maximum atomic E-state index is 11.3. The van der Waals surface area contributed by atoms with E-state index >= 15 is 0 Å². The number of nitrogens with two attached hydrogens (primary N) is 1. The van der Waals surface area contributed by atoms with Crippen molar-refractivity contribution in [2.45, 2.75) is 25.3 Å².